The van der Waals surface area contributed by atoms with Crippen LogP contribution < -0.4 is 10.6 Å². The highest BCUT2D eigenvalue weighted by Gasteiger charge is 2.10. The van der Waals surface area contributed by atoms with Gasteiger partial charge < -0.3 is 10.6 Å². The maximum absolute atomic E-state index is 11.8. The van der Waals surface area contributed by atoms with Gasteiger partial charge in [0.1, 0.15) is 0 Å². The van der Waals surface area contributed by atoms with Crippen LogP contribution in [0.2, 0.25) is 5.02 Å². The van der Waals surface area contributed by atoms with E-state index < -0.39 is 0 Å². The van der Waals surface area contributed by atoms with Gasteiger partial charge in [0.25, 0.3) is 5.91 Å². The molecular formula is C14H17ClN2O2. The van der Waals surface area contributed by atoms with Crippen molar-refractivity contribution in [3.05, 3.63) is 47.0 Å². The molecule has 2 amide bonds. The molecule has 0 aromatic heterocycles. The molecule has 0 aliphatic rings. The first-order chi connectivity index (χ1) is 9.15. The molecule has 4 nitrogen and oxygen atoms in total. The largest absolute Gasteiger partial charge is 0.354 e. The van der Waals surface area contributed by atoms with Crippen LogP contribution in [0.5, 0.6) is 0 Å². The molecule has 1 aromatic rings. The van der Waals surface area contributed by atoms with Gasteiger partial charge in [0.05, 0.1) is 17.1 Å². The molecular weight excluding hydrogens is 264 g/mol. The first-order valence-electron chi connectivity index (χ1n) is 6.05. The van der Waals surface area contributed by atoms with Crippen LogP contribution in [-0.4, -0.2) is 24.9 Å². The second kappa shape index (κ2) is 8.32. The maximum Gasteiger partial charge on any atom is 0.253 e. The Morgan fingerprint density at radius 1 is 1.26 bits per heavy atom. The number of nitrogens with one attached hydrogen (secondary N) is 2. The molecule has 1 aromatic carbocycles. The zero-order valence-electron chi connectivity index (χ0n) is 10.8. The summed E-state index contributed by atoms with van der Waals surface area (Å²) in [4.78, 5) is 23.2. The fourth-order valence-electron chi connectivity index (χ4n) is 1.43. The topological polar surface area (TPSA) is 58.2 Å². The van der Waals surface area contributed by atoms with E-state index in [9.17, 15) is 9.59 Å². The molecule has 0 aliphatic heterocycles. The molecule has 2 N–H and O–H groups in total. The number of benzene rings is 1. The molecule has 0 bridgehead atoms. The van der Waals surface area contributed by atoms with Crippen molar-refractivity contribution < 1.29 is 9.59 Å². The van der Waals surface area contributed by atoms with Crippen LogP contribution in [0.25, 0.3) is 0 Å². The van der Waals surface area contributed by atoms with Crippen molar-refractivity contribution in [1.82, 2.24) is 10.6 Å². The van der Waals surface area contributed by atoms with Gasteiger partial charge in [-0.05, 0) is 25.5 Å². The fourth-order valence-corrected chi connectivity index (χ4v) is 1.65. The first kappa shape index (κ1) is 15.2. The molecule has 0 atom stereocenters. The lowest BCUT2D eigenvalue weighted by atomic mass is 10.2. The summed E-state index contributed by atoms with van der Waals surface area (Å²) in [5.74, 6) is -0.570. The SMILES string of the molecule is C/C=C/CCNC(=O)CNC(=O)c1ccccc1Cl. The van der Waals surface area contributed by atoms with Crippen molar-refractivity contribution in [1.29, 1.82) is 0 Å². The predicted octanol–water partition coefficient (Wildman–Crippen LogP) is 2.15. The number of rotatable bonds is 6. The Balaban J connectivity index is 2.34. The van der Waals surface area contributed by atoms with Crippen molar-refractivity contribution in [2.75, 3.05) is 13.1 Å². The summed E-state index contributed by atoms with van der Waals surface area (Å²) in [5, 5.41) is 5.60. The summed E-state index contributed by atoms with van der Waals surface area (Å²) >= 11 is 5.88. The smallest absolute Gasteiger partial charge is 0.253 e. The minimum atomic E-state index is -0.353. The number of hydrogen-bond donors (Lipinski definition) is 2. The number of carbonyl (C=O) groups excluding carboxylic acids is 2. The van der Waals surface area contributed by atoms with Gasteiger partial charge in [-0.25, -0.2) is 0 Å². The highest BCUT2D eigenvalue weighted by Crippen LogP contribution is 2.14. The number of amides is 2. The summed E-state index contributed by atoms with van der Waals surface area (Å²) in [5.41, 5.74) is 0.367. The monoisotopic (exact) mass is 280 g/mol. The van der Waals surface area contributed by atoms with E-state index in [4.69, 9.17) is 11.6 Å². The van der Waals surface area contributed by atoms with E-state index >= 15 is 0 Å². The average molecular weight is 281 g/mol. The van der Waals surface area contributed by atoms with E-state index in [0.29, 0.717) is 17.1 Å². The minimum absolute atomic E-state index is 0.0557. The maximum atomic E-state index is 11.8. The van der Waals surface area contributed by atoms with Gasteiger partial charge >= 0.3 is 0 Å². The van der Waals surface area contributed by atoms with E-state index in [1.807, 2.05) is 19.1 Å². The summed E-state index contributed by atoms with van der Waals surface area (Å²) in [7, 11) is 0. The van der Waals surface area contributed by atoms with E-state index in [2.05, 4.69) is 10.6 Å². The van der Waals surface area contributed by atoms with Gasteiger partial charge in [0.2, 0.25) is 5.91 Å². The van der Waals surface area contributed by atoms with Crippen LogP contribution in [0.4, 0.5) is 0 Å². The van der Waals surface area contributed by atoms with Gasteiger partial charge in [-0.15, -0.1) is 0 Å². The molecule has 0 aliphatic carbocycles. The molecule has 0 heterocycles. The third-order valence-corrected chi connectivity index (χ3v) is 2.73. The van der Waals surface area contributed by atoms with Crippen LogP contribution in [0.15, 0.2) is 36.4 Å². The lowest BCUT2D eigenvalue weighted by molar-refractivity contribution is -0.120. The molecule has 5 heteroatoms. The number of carbonyl (C=O) groups is 2. The minimum Gasteiger partial charge on any atom is -0.354 e. The van der Waals surface area contributed by atoms with Crippen LogP contribution in [0.1, 0.15) is 23.7 Å². The van der Waals surface area contributed by atoms with Crippen molar-refractivity contribution in [2.45, 2.75) is 13.3 Å². The van der Waals surface area contributed by atoms with Crippen LogP contribution in [-0.2, 0) is 4.79 Å². The van der Waals surface area contributed by atoms with Crippen molar-refractivity contribution in [3.8, 4) is 0 Å². The standard InChI is InChI=1S/C14H17ClN2O2/c1-2-3-6-9-16-13(18)10-17-14(19)11-7-4-5-8-12(11)15/h2-5,7-8H,6,9-10H2,1H3,(H,16,18)(H,17,19)/b3-2+. The molecule has 0 fully saturated rings. The third kappa shape index (κ3) is 5.57. The molecule has 0 radical (unpaired) electrons. The normalized spacial score (nSPS) is 10.4. The second-order valence-corrected chi connectivity index (χ2v) is 4.28. The van der Waals surface area contributed by atoms with Crippen molar-refractivity contribution in [2.24, 2.45) is 0 Å². The fraction of sp³-hybridized carbons (Fsp3) is 0.286. The number of allylic oxidation sites excluding steroid dienone is 1. The Bertz CT molecular complexity index is 472. The molecule has 19 heavy (non-hydrogen) atoms. The van der Waals surface area contributed by atoms with Gasteiger partial charge in [-0.3, -0.25) is 9.59 Å². The molecule has 0 saturated heterocycles. The molecule has 0 unspecified atom stereocenters. The van der Waals surface area contributed by atoms with Crippen molar-refractivity contribution in [3.63, 3.8) is 0 Å². The van der Waals surface area contributed by atoms with Crippen LogP contribution >= 0.6 is 11.6 Å². The average Bonchev–Trinajstić information content (AvgIpc) is 2.41. The van der Waals surface area contributed by atoms with Crippen LogP contribution in [0, 0.1) is 0 Å². The zero-order valence-corrected chi connectivity index (χ0v) is 11.5. The van der Waals surface area contributed by atoms with E-state index in [-0.39, 0.29) is 18.4 Å². The molecule has 1 rings (SSSR count). The zero-order chi connectivity index (χ0) is 14.1. The lowest BCUT2D eigenvalue weighted by Crippen LogP contribution is -2.37. The Kier molecular flexibility index (Phi) is 6.68. The Morgan fingerprint density at radius 2 is 2.00 bits per heavy atom. The summed E-state index contributed by atoms with van der Waals surface area (Å²) in [6.45, 7) is 2.43. The Hall–Kier alpha value is -1.81. The van der Waals surface area contributed by atoms with Gasteiger partial charge in [-0.1, -0.05) is 35.9 Å². The lowest BCUT2D eigenvalue weighted by Gasteiger charge is -2.07. The van der Waals surface area contributed by atoms with E-state index in [1.54, 1.807) is 24.3 Å². The number of hydrogen-bond acceptors (Lipinski definition) is 2. The van der Waals surface area contributed by atoms with Gasteiger partial charge in [0, 0.05) is 6.54 Å². The molecule has 0 saturated carbocycles. The number of halogens is 1. The van der Waals surface area contributed by atoms with Gasteiger partial charge in [-0.2, -0.15) is 0 Å². The quantitative estimate of drug-likeness (QED) is 0.620. The van der Waals surface area contributed by atoms with E-state index in [1.165, 1.54) is 0 Å². The molecule has 0 spiro atoms. The third-order valence-electron chi connectivity index (χ3n) is 2.40. The highest BCUT2D eigenvalue weighted by molar-refractivity contribution is 6.33. The van der Waals surface area contributed by atoms with Crippen molar-refractivity contribution >= 4 is 23.4 Å². The Labute approximate surface area is 117 Å². The summed E-state index contributed by atoms with van der Waals surface area (Å²) in [6.07, 6.45) is 4.66. The highest BCUT2D eigenvalue weighted by atomic mass is 35.5. The summed E-state index contributed by atoms with van der Waals surface area (Å²) < 4.78 is 0. The Morgan fingerprint density at radius 3 is 2.68 bits per heavy atom. The van der Waals surface area contributed by atoms with Gasteiger partial charge in [0.15, 0.2) is 0 Å². The molecule has 102 valence electrons. The van der Waals surface area contributed by atoms with Crippen LogP contribution in [0.3, 0.4) is 0 Å². The second-order valence-electron chi connectivity index (χ2n) is 3.87. The summed E-state index contributed by atoms with van der Waals surface area (Å²) in [6, 6.07) is 6.71. The first-order valence-corrected chi connectivity index (χ1v) is 6.43. The van der Waals surface area contributed by atoms with E-state index in [0.717, 1.165) is 6.42 Å². The predicted molar refractivity (Wildman–Crippen MR) is 76.2 cm³/mol.